The van der Waals surface area contributed by atoms with Crippen LogP contribution in [0.15, 0.2) is 17.5 Å². The lowest BCUT2D eigenvalue weighted by atomic mass is 10.2. The van der Waals surface area contributed by atoms with E-state index in [0.717, 1.165) is 19.4 Å². The number of hydrogen-bond donors (Lipinski definition) is 1. The molecule has 3 nitrogen and oxygen atoms in total. The Morgan fingerprint density at radius 2 is 2.57 bits per heavy atom. The zero-order valence-electron chi connectivity index (χ0n) is 7.98. The second kappa shape index (κ2) is 4.11. The van der Waals surface area contributed by atoms with Gasteiger partial charge < -0.3 is 10.6 Å². The normalized spacial score (nSPS) is 21.5. The van der Waals surface area contributed by atoms with Gasteiger partial charge in [-0.15, -0.1) is 11.3 Å². The molecule has 1 aromatic rings. The Bertz CT molecular complexity index is 310. The maximum absolute atomic E-state index is 11.5. The van der Waals surface area contributed by atoms with Crippen LogP contribution in [0.1, 0.15) is 23.8 Å². The number of amides is 1. The molecule has 0 aliphatic carbocycles. The maximum Gasteiger partial charge on any atom is 0.236 e. The summed E-state index contributed by atoms with van der Waals surface area (Å²) in [7, 11) is 0. The van der Waals surface area contributed by atoms with E-state index in [4.69, 9.17) is 5.73 Å². The zero-order chi connectivity index (χ0) is 9.97. The molecule has 1 atom stereocenters. The van der Waals surface area contributed by atoms with Gasteiger partial charge in [-0.1, -0.05) is 6.07 Å². The Labute approximate surface area is 87.5 Å². The van der Waals surface area contributed by atoms with Crippen molar-refractivity contribution in [1.82, 2.24) is 4.90 Å². The summed E-state index contributed by atoms with van der Waals surface area (Å²) < 4.78 is 0. The van der Waals surface area contributed by atoms with E-state index >= 15 is 0 Å². The van der Waals surface area contributed by atoms with Gasteiger partial charge in [0.1, 0.15) is 0 Å². The minimum absolute atomic E-state index is 0.0703. The average molecular weight is 210 g/mol. The van der Waals surface area contributed by atoms with Crippen molar-refractivity contribution in [2.75, 3.05) is 13.1 Å². The van der Waals surface area contributed by atoms with Crippen LogP contribution in [0.3, 0.4) is 0 Å². The highest BCUT2D eigenvalue weighted by atomic mass is 32.1. The monoisotopic (exact) mass is 210 g/mol. The van der Waals surface area contributed by atoms with Gasteiger partial charge in [0.2, 0.25) is 5.91 Å². The van der Waals surface area contributed by atoms with Gasteiger partial charge in [-0.3, -0.25) is 4.79 Å². The average Bonchev–Trinajstić information content (AvgIpc) is 2.85. The van der Waals surface area contributed by atoms with Gasteiger partial charge in [0.25, 0.3) is 0 Å². The Hall–Kier alpha value is -0.870. The van der Waals surface area contributed by atoms with E-state index in [1.807, 2.05) is 11.0 Å². The highest BCUT2D eigenvalue weighted by molar-refractivity contribution is 7.10. The predicted octanol–water partition coefficient (Wildman–Crippen LogP) is 1.37. The number of thiophene rings is 1. The molecule has 14 heavy (non-hydrogen) atoms. The first-order valence-electron chi connectivity index (χ1n) is 4.86. The molecule has 0 radical (unpaired) electrons. The van der Waals surface area contributed by atoms with Gasteiger partial charge in [-0.2, -0.15) is 0 Å². The largest absolute Gasteiger partial charge is 0.334 e. The molecule has 0 aromatic carbocycles. The van der Waals surface area contributed by atoms with Crippen LogP contribution in [0.4, 0.5) is 0 Å². The van der Waals surface area contributed by atoms with E-state index in [-0.39, 0.29) is 18.5 Å². The van der Waals surface area contributed by atoms with E-state index in [2.05, 4.69) is 11.4 Å². The first-order chi connectivity index (χ1) is 6.83. The molecule has 1 aliphatic heterocycles. The molecule has 0 saturated carbocycles. The third-order valence-electron chi connectivity index (χ3n) is 2.62. The highest BCUT2D eigenvalue weighted by Gasteiger charge is 2.29. The van der Waals surface area contributed by atoms with Gasteiger partial charge in [-0.05, 0) is 24.3 Å². The number of nitrogens with zero attached hydrogens (tertiary/aromatic N) is 1. The molecular weight excluding hydrogens is 196 g/mol. The molecule has 1 unspecified atom stereocenters. The fourth-order valence-electron chi connectivity index (χ4n) is 1.96. The molecule has 2 rings (SSSR count). The number of carbonyl (C=O) groups is 1. The van der Waals surface area contributed by atoms with Gasteiger partial charge in [0, 0.05) is 11.4 Å². The second-order valence-electron chi connectivity index (χ2n) is 3.46. The van der Waals surface area contributed by atoms with Crippen molar-refractivity contribution in [1.29, 1.82) is 0 Å². The summed E-state index contributed by atoms with van der Waals surface area (Å²) in [6.45, 7) is 0.987. The molecule has 4 heteroatoms. The number of carbonyl (C=O) groups excluding carboxylic acids is 1. The molecule has 0 spiro atoms. The number of likely N-dealkylation sites (tertiary alicyclic amines) is 1. The van der Waals surface area contributed by atoms with Crippen LogP contribution < -0.4 is 5.73 Å². The van der Waals surface area contributed by atoms with Crippen molar-refractivity contribution < 1.29 is 4.79 Å². The smallest absolute Gasteiger partial charge is 0.236 e. The number of hydrogen-bond acceptors (Lipinski definition) is 3. The Morgan fingerprint density at radius 3 is 3.21 bits per heavy atom. The molecular formula is C10H14N2OS. The minimum Gasteiger partial charge on any atom is -0.334 e. The first-order valence-corrected chi connectivity index (χ1v) is 5.74. The van der Waals surface area contributed by atoms with Gasteiger partial charge in [0.05, 0.1) is 12.6 Å². The summed E-state index contributed by atoms with van der Waals surface area (Å²) in [6, 6.07) is 4.41. The van der Waals surface area contributed by atoms with Crippen LogP contribution in [-0.4, -0.2) is 23.9 Å². The molecule has 2 N–H and O–H groups in total. The molecule has 2 heterocycles. The van der Waals surface area contributed by atoms with Crippen LogP contribution in [0.5, 0.6) is 0 Å². The van der Waals surface area contributed by atoms with E-state index in [9.17, 15) is 4.79 Å². The quantitative estimate of drug-likeness (QED) is 0.801. The lowest BCUT2D eigenvalue weighted by molar-refractivity contribution is -0.130. The summed E-state index contributed by atoms with van der Waals surface area (Å²) in [5.74, 6) is 0.0703. The third kappa shape index (κ3) is 1.67. The van der Waals surface area contributed by atoms with Crippen LogP contribution >= 0.6 is 11.3 Å². The summed E-state index contributed by atoms with van der Waals surface area (Å²) in [4.78, 5) is 14.7. The Kier molecular flexibility index (Phi) is 2.84. The van der Waals surface area contributed by atoms with Crippen LogP contribution in [0.2, 0.25) is 0 Å². The molecule has 76 valence electrons. The molecule has 1 saturated heterocycles. The van der Waals surface area contributed by atoms with Crippen molar-refractivity contribution >= 4 is 17.2 Å². The van der Waals surface area contributed by atoms with E-state index in [1.165, 1.54) is 4.88 Å². The van der Waals surface area contributed by atoms with Crippen molar-refractivity contribution in [3.8, 4) is 0 Å². The Morgan fingerprint density at radius 1 is 1.71 bits per heavy atom. The topological polar surface area (TPSA) is 46.3 Å². The van der Waals surface area contributed by atoms with Crippen molar-refractivity contribution in [3.05, 3.63) is 22.4 Å². The van der Waals surface area contributed by atoms with Crippen LogP contribution in [-0.2, 0) is 4.79 Å². The lowest BCUT2D eigenvalue weighted by Gasteiger charge is -2.23. The van der Waals surface area contributed by atoms with E-state index in [1.54, 1.807) is 11.3 Å². The Balaban J connectivity index is 2.15. The summed E-state index contributed by atoms with van der Waals surface area (Å²) >= 11 is 1.72. The van der Waals surface area contributed by atoms with Crippen molar-refractivity contribution in [2.45, 2.75) is 18.9 Å². The van der Waals surface area contributed by atoms with Crippen LogP contribution in [0.25, 0.3) is 0 Å². The van der Waals surface area contributed by atoms with Gasteiger partial charge >= 0.3 is 0 Å². The number of rotatable bonds is 2. The predicted molar refractivity (Wildman–Crippen MR) is 57.1 cm³/mol. The fourth-order valence-corrected chi connectivity index (χ4v) is 2.83. The van der Waals surface area contributed by atoms with Crippen molar-refractivity contribution in [2.24, 2.45) is 5.73 Å². The minimum atomic E-state index is 0.0703. The lowest BCUT2D eigenvalue weighted by Crippen LogP contribution is -2.35. The molecule has 1 aromatic heterocycles. The first kappa shape index (κ1) is 9.68. The zero-order valence-corrected chi connectivity index (χ0v) is 8.80. The van der Waals surface area contributed by atoms with Crippen molar-refractivity contribution in [3.63, 3.8) is 0 Å². The summed E-state index contributed by atoms with van der Waals surface area (Å²) in [5.41, 5.74) is 5.38. The molecule has 1 fully saturated rings. The highest BCUT2D eigenvalue weighted by Crippen LogP contribution is 2.34. The van der Waals surface area contributed by atoms with Gasteiger partial charge in [0.15, 0.2) is 0 Å². The number of nitrogens with two attached hydrogens (primary N) is 1. The molecule has 1 aliphatic rings. The van der Waals surface area contributed by atoms with Gasteiger partial charge in [-0.25, -0.2) is 0 Å². The SMILES string of the molecule is NCC(=O)N1CCCC1c1cccs1. The fraction of sp³-hybridized carbons (Fsp3) is 0.500. The summed E-state index contributed by atoms with van der Waals surface area (Å²) in [6.07, 6.45) is 2.17. The van der Waals surface area contributed by atoms with E-state index < -0.39 is 0 Å². The van der Waals surface area contributed by atoms with E-state index in [0.29, 0.717) is 0 Å². The maximum atomic E-state index is 11.5. The second-order valence-corrected chi connectivity index (χ2v) is 4.44. The third-order valence-corrected chi connectivity index (χ3v) is 3.59. The standard InChI is InChI=1S/C10H14N2OS/c11-7-10(13)12-5-1-3-8(12)9-4-2-6-14-9/h2,4,6,8H,1,3,5,7,11H2. The molecule has 1 amide bonds. The summed E-state index contributed by atoms with van der Waals surface area (Å²) in [5, 5.41) is 2.05. The van der Waals surface area contributed by atoms with Crippen LogP contribution in [0, 0.1) is 0 Å². The molecule has 0 bridgehead atoms.